The Morgan fingerprint density at radius 2 is 2.12 bits per heavy atom. The van der Waals surface area contributed by atoms with Gasteiger partial charge >= 0.3 is 0 Å². The zero-order valence-corrected chi connectivity index (χ0v) is 12.3. The van der Waals surface area contributed by atoms with Crippen molar-refractivity contribution in [2.24, 2.45) is 0 Å². The number of ether oxygens (including phenoxy) is 1. The van der Waals surface area contributed by atoms with Crippen LogP contribution in [0.3, 0.4) is 0 Å². The van der Waals surface area contributed by atoms with Crippen LogP contribution >= 0.6 is 31.9 Å². The van der Waals surface area contributed by atoms with Crippen LogP contribution in [0.5, 0.6) is 5.75 Å². The zero-order valence-electron chi connectivity index (χ0n) is 9.13. The van der Waals surface area contributed by atoms with Crippen molar-refractivity contribution in [3.05, 3.63) is 28.2 Å². The summed E-state index contributed by atoms with van der Waals surface area (Å²) in [4.78, 5) is 11.4. The Morgan fingerprint density at radius 3 is 2.75 bits per heavy atom. The number of carbonyl (C=O) groups is 1. The van der Waals surface area contributed by atoms with E-state index in [1.807, 2.05) is 12.1 Å². The number of carbonyl (C=O) groups excluding carboxylic acids is 1. The topological polar surface area (TPSA) is 26.3 Å². The first-order chi connectivity index (χ1) is 7.65. The van der Waals surface area contributed by atoms with E-state index in [0.717, 1.165) is 22.6 Å². The van der Waals surface area contributed by atoms with E-state index in [1.54, 1.807) is 13.0 Å². The maximum atomic E-state index is 11.4. The minimum absolute atomic E-state index is 0.0248. The fourth-order valence-electron chi connectivity index (χ4n) is 1.28. The molecule has 0 aliphatic rings. The molecular weight excluding hydrogens is 336 g/mol. The highest BCUT2D eigenvalue weighted by Crippen LogP contribution is 2.23. The highest BCUT2D eigenvalue weighted by molar-refractivity contribution is 9.10. The highest BCUT2D eigenvalue weighted by atomic mass is 79.9. The standard InChI is InChI=1S/C12H14Br2O2/c1-9(15)11-8-10(14)4-5-12(11)16-7-3-2-6-13/h4-5,8H,2-3,6-7H2,1H3. The third kappa shape index (κ3) is 4.26. The normalized spacial score (nSPS) is 10.2. The molecule has 0 atom stereocenters. The Hall–Kier alpha value is -0.350. The highest BCUT2D eigenvalue weighted by Gasteiger charge is 2.08. The van der Waals surface area contributed by atoms with Gasteiger partial charge in [-0.2, -0.15) is 0 Å². The molecule has 1 aromatic carbocycles. The minimum atomic E-state index is 0.0248. The number of Topliss-reactive ketones (excluding diaryl/α,β-unsaturated/α-hetero) is 1. The fourth-order valence-corrected chi connectivity index (χ4v) is 2.04. The van der Waals surface area contributed by atoms with E-state index in [4.69, 9.17) is 4.74 Å². The smallest absolute Gasteiger partial charge is 0.163 e. The summed E-state index contributed by atoms with van der Waals surface area (Å²) < 4.78 is 6.49. The Bertz CT molecular complexity index is 364. The van der Waals surface area contributed by atoms with Crippen molar-refractivity contribution < 1.29 is 9.53 Å². The lowest BCUT2D eigenvalue weighted by Gasteiger charge is -2.09. The molecule has 0 spiro atoms. The molecule has 0 aliphatic heterocycles. The molecule has 1 aromatic rings. The predicted octanol–water partition coefficient (Wildman–Crippen LogP) is 4.21. The molecule has 0 saturated carbocycles. The third-order valence-corrected chi connectivity index (χ3v) is 3.16. The lowest BCUT2D eigenvalue weighted by molar-refractivity contribution is 0.101. The van der Waals surface area contributed by atoms with Crippen LogP contribution in [0.2, 0.25) is 0 Å². The Balaban J connectivity index is 2.67. The number of alkyl halides is 1. The van der Waals surface area contributed by atoms with Crippen molar-refractivity contribution in [2.75, 3.05) is 11.9 Å². The zero-order chi connectivity index (χ0) is 12.0. The second-order valence-corrected chi connectivity index (χ2v) is 5.15. The summed E-state index contributed by atoms with van der Waals surface area (Å²) in [6, 6.07) is 5.50. The average molecular weight is 350 g/mol. The van der Waals surface area contributed by atoms with Gasteiger partial charge in [-0.05, 0) is 38.0 Å². The molecule has 0 radical (unpaired) electrons. The van der Waals surface area contributed by atoms with E-state index < -0.39 is 0 Å². The molecule has 88 valence electrons. The van der Waals surface area contributed by atoms with E-state index in [1.165, 1.54) is 0 Å². The van der Waals surface area contributed by atoms with Crippen molar-refractivity contribution in [3.8, 4) is 5.75 Å². The Morgan fingerprint density at radius 1 is 1.38 bits per heavy atom. The summed E-state index contributed by atoms with van der Waals surface area (Å²) >= 11 is 6.71. The second kappa shape index (κ2) is 7.07. The number of halogens is 2. The molecule has 0 saturated heterocycles. The van der Waals surface area contributed by atoms with Gasteiger partial charge in [0.25, 0.3) is 0 Å². The Kier molecular flexibility index (Phi) is 6.06. The molecule has 0 fully saturated rings. The molecule has 16 heavy (non-hydrogen) atoms. The van der Waals surface area contributed by atoms with Crippen LogP contribution in [-0.4, -0.2) is 17.7 Å². The lowest BCUT2D eigenvalue weighted by atomic mass is 10.1. The number of hydrogen-bond acceptors (Lipinski definition) is 2. The van der Waals surface area contributed by atoms with Gasteiger partial charge in [-0.15, -0.1) is 0 Å². The van der Waals surface area contributed by atoms with E-state index in [2.05, 4.69) is 31.9 Å². The van der Waals surface area contributed by atoms with Gasteiger partial charge < -0.3 is 4.74 Å². The maximum absolute atomic E-state index is 11.4. The molecule has 0 amide bonds. The van der Waals surface area contributed by atoms with Crippen molar-refractivity contribution in [1.82, 2.24) is 0 Å². The van der Waals surface area contributed by atoms with Crippen LogP contribution < -0.4 is 4.74 Å². The van der Waals surface area contributed by atoms with Crippen molar-refractivity contribution in [3.63, 3.8) is 0 Å². The van der Waals surface area contributed by atoms with Crippen LogP contribution in [0, 0.1) is 0 Å². The molecule has 0 aliphatic carbocycles. The first kappa shape index (κ1) is 13.7. The van der Waals surface area contributed by atoms with Gasteiger partial charge in [-0.3, -0.25) is 4.79 Å². The first-order valence-electron chi connectivity index (χ1n) is 5.14. The van der Waals surface area contributed by atoms with Crippen LogP contribution in [-0.2, 0) is 0 Å². The number of benzene rings is 1. The number of rotatable bonds is 6. The summed E-state index contributed by atoms with van der Waals surface area (Å²) in [5.41, 5.74) is 0.633. The maximum Gasteiger partial charge on any atom is 0.163 e. The first-order valence-corrected chi connectivity index (χ1v) is 7.06. The molecule has 0 N–H and O–H groups in total. The molecule has 4 heteroatoms. The molecule has 0 bridgehead atoms. The van der Waals surface area contributed by atoms with Crippen molar-refractivity contribution >= 4 is 37.6 Å². The van der Waals surface area contributed by atoms with Gasteiger partial charge in [0.05, 0.1) is 12.2 Å². The van der Waals surface area contributed by atoms with Crippen LogP contribution in [0.25, 0.3) is 0 Å². The molecule has 0 aromatic heterocycles. The fraction of sp³-hybridized carbons (Fsp3) is 0.417. The number of ketones is 1. The van der Waals surface area contributed by atoms with Gasteiger partial charge in [-0.25, -0.2) is 0 Å². The van der Waals surface area contributed by atoms with Gasteiger partial charge in [0, 0.05) is 9.80 Å². The Labute approximate surface area is 113 Å². The molecule has 2 nitrogen and oxygen atoms in total. The van der Waals surface area contributed by atoms with Crippen molar-refractivity contribution in [1.29, 1.82) is 0 Å². The minimum Gasteiger partial charge on any atom is -0.493 e. The summed E-state index contributed by atoms with van der Waals surface area (Å²) in [5, 5.41) is 0.982. The van der Waals surface area contributed by atoms with Crippen molar-refractivity contribution in [2.45, 2.75) is 19.8 Å². The monoisotopic (exact) mass is 348 g/mol. The van der Waals surface area contributed by atoms with Crippen LogP contribution in [0.1, 0.15) is 30.1 Å². The average Bonchev–Trinajstić information content (AvgIpc) is 2.26. The van der Waals surface area contributed by atoms with Gasteiger partial charge in [0.1, 0.15) is 5.75 Å². The van der Waals surface area contributed by atoms with Gasteiger partial charge in [0.2, 0.25) is 0 Å². The summed E-state index contributed by atoms with van der Waals surface area (Å²) in [7, 11) is 0. The number of unbranched alkanes of at least 4 members (excludes halogenated alkanes) is 1. The molecule has 0 unspecified atom stereocenters. The predicted molar refractivity (Wildman–Crippen MR) is 72.7 cm³/mol. The largest absolute Gasteiger partial charge is 0.493 e. The number of hydrogen-bond donors (Lipinski definition) is 0. The lowest BCUT2D eigenvalue weighted by Crippen LogP contribution is -2.03. The second-order valence-electron chi connectivity index (χ2n) is 3.44. The van der Waals surface area contributed by atoms with Crippen LogP contribution in [0.4, 0.5) is 0 Å². The molecule has 0 heterocycles. The molecule has 1 rings (SSSR count). The molecular formula is C12H14Br2O2. The summed E-state index contributed by atoms with van der Waals surface area (Å²) in [5.74, 6) is 0.696. The van der Waals surface area contributed by atoms with E-state index in [-0.39, 0.29) is 5.78 Å². The van der Waals surface area contributed by atoms with Crippen LogP contribution in [0.15, 0.2) is 22.7 Å². The quantitative estimate of drug-likeness (QED) is 0.437. The summed E-state index contributed by atoms with van der Waals surface area (Å²) in [6.45, 7) is 2.20. The van der Waals surface area contributed by atoms with E-state index in [0.29, 0.717) is 17.9 Å². The summed E-state index contributed by atoms with van der Waals surface area (Å²) in [6.07, 6.45) is 2.06. The van der Waals surface area contributed by atoms with E-state index >= 15 is 0 Å². The SMILES string of the molecule is CC(=O)c1cc(Br)ccc1OCCCCBr. The van der Waals surface area contributed by atoms with Gasteiger partial charge in [-0.1, -0.05) is 31.9 Å². The third-order valence-electron chi connectivity index (χ3n) is 2.11. The van der Waals surface area contributed by atoms with Gasteiger partial charge in [0.15, 0.2) is 5.78 Å². The van der Waals surface area contributed by atoms with E-state index in [9.17, 15) is 4.79 Å².